The number of unbranched alkanes of at least 4 members (excludes halogenated alkanes) is 1. The molecule has 1 N–H and O–H groups in total. The molecule has 1 heterocycles. The quantitative estimate of drug-likeness (QED) is 0.640. The Labute approximate surface area is 177 Å². The van der Waals surface area contributed by atoms with Crippen LogP contribution in [-0.2, 0) is 16.0 Å². The molecule has 30 heavy (non-hydrogen) atoms. The van der Waals surface area contributed by atoms with Crippen LogP contribution in [0.5, 0.6) is 5.75 Å². The summed E-state index contributed by atoms with van der Waals surface area (Å²) in [5.74, 6) is 0.258. The van der Waals surface area contributed by atoms with Gasteiger partial charge in [0.05, 0.1) is 6.54 Å². The maximum atomic E-state index is 13.0. The molecular formula is C24H28N2O4. The number of nitrogens with zero attached hydrogens (tertiary/aromatic N) is 1. The van der Waals surface area contributed by atoms with Gasteiger partial charge in [0.2, 0.25) is 5.91 Å². The Hall–Kier alpha value is -3.15. The Bertz CT molecular complexity index is 937. The van der Waals surface area contributed by atoms with Gasteiger partial charge in [-0.15, -0.1) is 0 Å². The first-order valence-electron chi connectivity index (χ1n) is 10.4. The lowest BCUT2D eigenvalue weighted by molar-refractivity contribution is -0.126. The molecule has 1 atom stereocenters. The van der Waals surface area contributed by atoms with Gasteiger partial charge in [0.15, 0.2) is 5.78 Å². The van der Waals surface area contributed by atoms with Gasteiger partial charge < -0.3 is 15.0 Å². The van der Waals surface area contributed by atoms with E-state index in [9.17, 15) is 14.4 Å². The number of aryl methyl sites for hydroxylation is 1. The van der Waals surface area contributed by atoms with Crippen LogP contribution in [0.3, 0.4) is 0 Å². The van der Waals surface area contributed by atoms with E-state index in [0.29, 0.717) is 24.5 Å². The number of carbonyl (C=O) groups is 3. The third kappa shape index (κ3) is 4.87. The second-order valence-electron chi connectivity index (χ2n) is 7.55. The molecule has 0 aliphatic carbocycles. The molecule has 3 rings (SSSR count). The molecule has 0 bridgehead atoms. The van der Waals surface area contributed by atoms with Crippen LogP contribution in [0.25, 0.3) is 0 Å². The van der Waals surface area contributed by atoms with Gasteiger partial charge in [0.1, 0.15) is 18.4 Å². The van der Waals surface area contributed by atoms with Gasteiger partial charge >= 0.3 is 0 Å². The Morgan fingerprint density at radius 2 is 1.83 bits per heavy atom. The van der Waals surface area contributed by atoms with Crippen molar-refractivity contribution >= 4 is 23.3 Å². The minimum absolute atomic E-state index is 0.00291. The number of Topliss-reactive ketones (excluding diaryl/α,β-unsaturated/α-hetero) is 1. The van der Waals surface area contributed by atoms with E-state index >= 15 is 0 Å². The SMILES string of the molecule is CCCCc1ccc2c(c1)C(NC(C)=O)C(=O)N2CCOc1ccc(C(C)=O)cc1. The number of ketones is 1. The zero-order chi connectivity index (χ0) is 21.7. The van der Waals surface area contributed by atoms with E-state index < -0.39 is 6.04 Å². The summed E-state index contributed by atoms with van der Waals surface area (Å²) in [7, 11) is 0. The number of rotatable bonds is 9. The molecule has 6 nitrogen and oxygen atoms in total. The number of nitrogens with one attached hydrogen (secondary N) is 1. The van der Waals surface area contributed by atoms with E-state index in [2.05, 4.69) is 12.2 Å². The van der Waals surface area contributed by atoms with Gasteiger partial charge in [-0.25, -0.2) is 0 Å². The standard InChI is InChI=1S/C24H28N2O4/c1-4-5-6-18-7-12-22-21(15-18)23(25-17(3)28)24(29)26(22)13-14-30-20-10-8-19(9-11-20)16(2)27/h7-12,15,23H,4-6,13-14H2,1-3H3,(H,25,28). The number of anilines is 1. The van der Waals surface area contributed by atoms with Crippen molar-refractivity contribution in [2.24, 2.45) is 0 Å². The number of amides is 2. The second kappa shape index (κ2) is 9.57. The molecule has 6 heteroatoms. The number of fused-ring (bicyclic) bond motifs is 1. The molecule has 1 unspecified atom stereocenters. The third-order valence-electron chi connectivity index (χ3n) is 5.22. The molecule has 2 aromatic rings. The summed E-state index contributed by atoms with van der Waals surface area (Å²) < 4.78 is 5.77. The lowest BCUT2D eigenvalue weighted by atomic mass is 10.0. The average Bonchev–Trinajstić information content (AvgIpc) is 2.97. The van der Waals surface area contributed by atoms with Crippen molar-refractivity contribution in [3.05, 3.63) is 59.2 Å². The highest BCUT2D eigenvalue weighted by Gasteiger charge is 2.37. The highest BCUT2D eigenvalue weighted by molar-refractivity contribution is 6.06. The number of hydrogen-bond donors (Lipinski definition) is 1. The van der Waals surface area contributed by atoms with Crippen molar-refractivity contribution in [1.82, 2.24) is 5.32 Å². The summed E-state index contributed by atoms with van der Waals surface area (Å²) >= 11 is 0. The summed E-state index contributed by atoms with van der Waals surface area (Å²) in [6.45, 7) is 5.75. The lowest BCUT2D eigenvalue weighted by Gasteiger charge is -2.18. The molecule has 0 spiro atoms. The van der Waals surface area contributed by atoms with Gasteiger partial charge in [-0.2, -0.15) is 0 Å². The zero-order valence-corrected chi connectivity index (χ0v) is 17.7. The number of benzene rings is 2. The van der Waals surface area contributed by atoms with Gasteiger partial charge in [-0.1, -0.05) is 25.5 Å². The predicted molar refractivity (Wildman–Crippen MR) is 116 cm³/mol. The van der Waals surface area contributed by atoms with Gasteiger partial charge in [-0.3, -0.25) is 14.4 Å². The second-order valence-corrected chi connectivity index (χ2v) is 7.55. The first kappa shape index (κ1) is 21.6. The van der Waals surface area contributed by atoms with Crippen molar-refractivity contribution in [1.29, 1.82) is 0 Å². The molecular weight excluding hydrogens is 380 g/mol. The Morgan fingerprint density at radius 1 is 1.10 bits per heavy atom. The average molecular weight is 408 g/mol. The molecule has 0 aromatic heterocycles. The molecule has 158 valence electrons. The van der Waals surface area contributed by atoms with E-state index in [0.717, 1.165) is 30.5 Å². The van der Waals surface area contributed by atoms with Crippen molar-refractivity contribution in [2.75, 3.05) is 18.1 Å². The van der Waals surface area contributed by atoms with E-state index in [1.807, 2.05) is 18.2 Å². The first-order chi connectivity index (χ1) is 14.4. The highest BCUT2D eigenvalue weighted by atomic mass is 16.5. The van der Waals surface area contributed by atoms with Crippen LogP contribution in [0.2, 0.25) is 0 Å². The number of ether oxygens (including phenoxy) is 1. The van der Waals surface area contributed by atoms with Crippen molar-refractivity contribution in [3.63, 3.8) is 0 Å². The molecule has 2 amide bonds. The zero-order valence-electron chi connectivity index (χ0n) is 17.7. The maximum Gasteiger partial charge on any atom is 0.254 e. The lowest BCUT2D eigenvalue weighted by Crippen LogP contribution is -2.38. The number of hydrogen-bond acceptors (Lipinski definition) is 4. The summed E-state index contributed by atoms with van der Waals surface area (Å²) in [5, 5.41) is 2.78. The van der Waals surface area contributed by atoms with Crippen LogP contribution in [0.15, 0.2) is 42.5 Å². The molecule has 0 fully saturated rings. The molecule has 1 aliphatic heterocycles. The fourth-order valence-electron chi connectivity index (χ4n) is 3.64. The van der Waals surface area contributed by atoms with E-state index in [1.54, 1.807) is 29.2 Å². The Morgan fingerprint density at radius 3 is 2.47 bits per heavy atom. The summed E-state index contributed by atoms with van der Waals surface area (Å²) in [6, 6.07) is 12.3. The van der Waals surface area contributed by atoms with Crippen LogP contribution in [0.4, 0.5) is 5.69 Å². The molecule has 1 aliphatic rings. The summed E-state index contributed by atoms with van der Waals surface area (Å²) in [6.07, 6.45) is 3.13. The molecule has 0 saturated carbocycles. The summed E-state index contributed by atoms with van der Waals surface area (Å²) in [5.41, 5.74) is 3.45. The Balaban J connectivity index is 1.72. The fraction of sp³-hybridized carbons (Fsp3) is 0.375. The van der Waals surface area contributed by atoms with Crippen LogP contribution in [-0.4, -0.2) is 30.7 Å². The highest BCUT2D eigenvalue weighted by Crippen LogP contribution is 2.36. The van der Waals surface area contributed by atoms with E-state index in [1.165, 1.54) is 19.4 Å². The smallest absolute Gasteiger partial charge is 0.254 e. The minimum Gasteiger partial charge on any atom is -0.492 e. The van der Waals surface area contributed by atoms with Crippen LogP contribution >= 0.6 is 0 Å². The topological polar surface area (TPSA) is 75.7 Å². The minimum atomic E-state index is -0.658. The van der Waals surface area contributed by atoms with Gasteiger partial charge in [-0.05, 0) is 55.7 Å². The predicted octanol–water partition coefficient (Wildman–Crippen LogP) is 3.83. The largest absolute Gasteiger partial charge is 0.492 e. The molecule has 0 saturated heterocycles. The van der Waals surface area contributed by atoms with Gasteiger partial charge in [0.25, 0.3) is 5.91 Å². The third-order valence-corrected chi connectivity index (χ3v) is 5.22. The molecule has 2 aromatic carbocycles. The van der Waals surface area contributed by atoms with Crippen LogP contribution in [0, 0.1) is 0 Å². The van der Waals surface area contributed by atoms with Crippen molar-refractivity contribution in [3.8, 4) is 5.75 Å². The van der Waals surface area contributed by atoms with Gasteiger partial charge in [0, 0.05) is 23.7 Å². The van der Waals surface area contributed by atoms with Crippen LogP contribution in [0.1, 0.15) is 61.1 Å². The summed E-state index contributed by atoms with van der Waals surface area (Å²) in [4.78, 5) is 37.7. The fourth-order valence-corrected chi connectivity index (χ4v) is 3.64. The normalized spacial score (nSPS) is 15.1. The first-order valence-corrected chi connectivity index (χ1v) is 10.4. The monoisotopic (exact) mass is 408 g/mol. The van der Waals surface area contributed by atoms with Crippen molar-refractivity contribution in [2.45, 2.75) is 46.1 Å². The number of carbonyl (C=O) groups excluding carboxylic acids is 3. The van der Waals surface area contributed by atoms with Crippen molar-refractivity contribution < 1.29 is 19.1 Å². The maximum absolute atomic E-state index is 13.0. The Kier molecular flexibility index (Phi) is 6.87. The molecule has 0 radical (unpaired) electrons. The van der Waals surface area contributed by atoms with Crippen LogP contribution < -0.4 is 15.0 Å². The van der Waals surface area contributed by atoms with E-state index in [-0.39, 0.29) is 17.6 Å². The van der Waals surface area contributed by atoms with E-state index in [4.69, 9.17) is 4.74 Å².